The highest BCUT2D eigenvalue weighted by Crippen LogP contribution is 2.29. The van der Waals surface area contributed by atoms with Crippen LogP contribution in [0.2, 0.25) is 0 Å². The summed E-state index contributed by atoms with van der Waals surface area (Å²) in [5, 5.41) is 8.88. The monoisotopic (exact) mass is 223 g/mol. The Kier molecular flexibility index (Phi) is 4.77. The standard InChI is InChI=1S/C13H21NO2/c1-9(2)10-4-5-11(12(14)6-7-15)13(8-10)16-3/h4-5,8-9,12,15H,6-7,14H2,1-3H3. The van der Waals surface area contributed by atoms with Crippen molar-refractivity contribution in [1.29, 1.82) is 0 Å². The van der Waals surface area contributed by atoms with Crippen LogP contribution in [0.25, 0.3) is 0 Å². The molecule has 0 heterocycles. The molecule has 0 saturated carbocycles. The van der Waals surface area contributed by atoms with E-state index in [1.807, 2.05) is 12.1 Å². The zero-order valence-electron chi connectivity index (χ0n) is 10.2. The molecule has 0 aliphatic heterocycles. The first kappa shape index (κ1) is 13.0. The molecule has 3 heteroatoms. The quantitative estimate of drug-likeness (QED) is 0.804. The van der Waals surface area contributed by atoms with Crippen molar-refractivity contribution in [2.24, 2.45) is 5.73 Å². The molecular formula is C13H21NO2. The highest BCUT2D eigenvalue weighted by molar-refractivity contribution is 5.40. The Morgan fingerprint density at radius 3 is 2.56 bits per heavy atom. The van der Waals surface area contributed by atoms with Gasteiger partial charge in [0.25, 0.3) is 0 Å². The van der Waals surface area contributed by atoms with Gasteiger partial charge >= 0.3 is 0 Å². The smallest absolute Gasteiger partial charge is 0.123 e. The Labute approximate surface area is 97.2 Å². The fraction of sp³-hybridized carbons (Fsp3) is 0.538. The number of nitrogens with two attached hydrogens (primary N) is 1. The SMILES string of the molecule is COc1cc(C(C)C)ccc1C(N)CCO. The molecule has 0 amide bonds. The van der Waals surface area contributed by atoms with Crippen LogP contribution >= 0.6 is 0 Å². The lowest BCUT2D eigenvalue weighted by atomic mass is 9.97. The lowest BCUT2D eigenvalue weighted by molar-refractivity contribution is 0.275. The molecule has 3 N–H and O–H groups in total. The topological polar surface area (TPSA) is 55.5 Å². The van der Waals surface area contributed by atoms with Gasteiger partial charge in [-0.2, -0.15) is 0 Å². The molecule has 1 unspecified atom stereocenters. The Hall–Kier alpha value is -1.06. The molecule has 0 aliphatic carbocycles. The van der Waals surface area contributed by atoms with Crippen LogP contribution in [0.1, 0.15) is 43.4 Å². The van der Waals surface area contributed by atoms with Crippen molar-refractivity contribution in [1.82, 2.24) is 0 Å². The number of methoxy groups -OCH3 is 1. The van der Waals surface area contributed by atoms with Crippen LogP contribution < -0.4 is 10.5 Å². The number of rotatable bonds is 5. The summed E-state index contributed by atoms with van der Waals surface area (Å²) in [6.07, 6.45) is 0.553. The van der Waals surface area contributed by atoms with Crippen LogP contribution in [0.3, 0.4) is 0 Å². The van der Waals surface area contributed by atoms with Gasteiger partial charge in [0, 0.05) is 18.2 Å². The average molecular weight is 223 g/mol. The van der Waals surface area contributed by atoms with Crippen molar-refractivity contribution in [2.45, 2.75) is 32.2 Å². The summed E-state index contributed by atoms with van der Waals surface area (Å²) in [6.45, 7) is 4.38. The third kappa shape index (κ3) is 2.97. The molecule has 0 aliphatic rings. The fourth-order valence-corrected chi connectivity index (χ4v) is 1.69. The second-order valence-corrected chi connectivity index (χ2v) is 4.27. The summed E-state index contributed by atoms with van der Waals surface area (Å²) in [5.74, 6) is 1.28. The second-order valence-electron chi connectivity index (χ2n) is 4.27. The minimum Gasteiger partial charge on any atom is -0.496 e. The van der Waals surface area contributed by atoms with E-state index in [9.17, 15) is 0 Å². The number of hydrogen-bond donors (Lipinski definition) is 2. The van der Waals surface area contributed by atoms with Crippen LogP contribution in [0, 0.1) is 0 Å². The summed E-state index contributed by atoms with van der Waals surface area (Å²) in [6, 6.07) is 5.92. The van der Waals surface area contributed by atoms with Gasteiger partial charge in [0.2, 0.25) is 0 Å². The summed E-state index contributed by atoms with van der Waals surface area (Å²) >= 11 is 0. The van der Waals surface area contributed by atoms with Crippen molar-refractivity contribution in [3.8, 4) is 5.75 Å². The van der Waals surface area contributed by atoms with Crippen LogP contribution in [-0.4, -0.2) is 18.8 Å². The number of benzene rings is 1. The third-order valence-electron chi connectivity index (χ3n) is 2.76. The summed E-state index contributed by atoms with van der Waals surface area (Å²) < 4.78 is 5.34. The molecule has 0 fully saturated rings. The van der Waals surface area contributed by atoms with Gasteiger partial charge in [-0.05, 0) is 24.0 Å². The predicted octanol–water partition coefficient (Wildman–Crippen LogP) is 2.20. The highest BCUT2D eigenvalue weighted by Gasteiger charge is 2.12. The Morgan fingerprint density at radius 1 is 1.38 bits per heavy atom. The molecule has 16 heavy (non-hydrogen) atoms. The van der Waals surface area contributed by atoms with Crippen molar-refractivity contribution in [2.75, 3.05) is 13.7 Å². The first-order valence-electron chi connectivity index (χ1n) is 5.64. The molecular weight excluding hydrogens is 202 g/mol. The van der Waals surface area contributed by atoms with Crippen molar-refractivity contribution in [3.63, 3.8) is 0 Å². The van der Waals surface area contributed by atoms with E-state index in [1.165, 1.54) is 5.56 Å². The first-order valence-corrected chi connectivity index (χ1v) is 5.64. The molecule has 3 nitrogen and oxygen atoms in total. The normalized spacial score (nSPS) is 12.9. The molecule has 0 radical (unpaired) electrons. The maximum Gasteiger partial charge on any atom is 0.123 e. The fourth-order valence-electron chi connectivity index (χ4n) is 1.69. The molecule has 90 valence electrons. The van der Waals surface area contributed by atoms with Crippen molar-refractivity contribution in [3.05, 3.63) is 29.3 Å². The molecule has 1 aromatic rings. The van der Waals surface area contributed by atoms with Crippen LogP contribution in [0.5, 0.6) is 5.75 Å². The van der Waals surface area contributed by atoms with Gasteiger partial charge < -0.3 is 15.6 Å². The lowest BCUT2D eigenvalue weighted by Crippen LogP contribution is -2.13. The molecule has 0 bridgehead atoms. The maximum absolute atomic E-state index is 8.88. The van der Waals surface area contributed by atoms with Gasteiger partial charge in [-0.15, -0.1) is 0 Å². The third-order valence-corrected chi connectivity index (χ3v) is 2.76. The van der Waals surface area contributed by atoms with Crippen molar-refractivity contribution >= 4 is 0 Å². The number of aliphatic hydroxyl groups is 1. The van der Waals surface area contributed by atoms with Crippen LogP contribution in [0.4, 0.5) is 0 Å². The van der Waals surface area contributed by atoms with Crippen LogP contribution in [0.15, 0.2) is 18.2 Å². The maximum atomic E-state index is 8.88. The Balaban J connectivity index is 3.01. The van der Waals surface area contributed by atoms with Gasteiger partial charge in [-0.3, -0.25) is 0 Å². The van der Waals surface area contributed by atoms with Crippen molar-refractivity contribution < 1.29 is 9.84 Å². The van der Waals surface area contributed by atoms with Gasteiger partial charge in [0.1, 0.15) is 5.75 Å². The van der Waals surface area contributed by atoms with E-state index in [2.05, 4.69) is 19.9 Å². The molecule has 1 rings (SSSR count). The Morgan fingerprint density at radius 2 is 2.06 bits per heavy atom. The van der Waals surface area contributed by atoms with E-state index >= 15 is 0 Å². The summed E-state index contributed by atoms with van der Waals surface area (Å²) in [5.41, 5.74) is 8.16. The molecule has 0 aromatic heterocycles. The minimum atomic E-state index is -0.166. The highest BCUT2D eigenvalue weighted by atomic mass is 16.5. The zero-order chi connectivity index (χ0) is 12.1. The largest absolute Gasteiger partial charge is 0.496 e. The van der Waals surface area contributed by atoms with Gasteiger partial charge in [-0.1, -0.05) is 26.0 Å². The molecule has 0 saturated heterocycles. The van der Waals surface area contributed by atoms with E-state index in [0.717, 1.165) is 11.3 Å². The van der Waals surface area contributed by atoms with Crippen LogP contribution in [-0.2, 0) is 0 Å². The van der Waals surface area contributed by atoms with Gasteiger partial charge in [0.05, 0.1) is 7.11 Å². The number of aliphatic hydroxyl groups excluding tert-OH is 1. The number of hydrogen-bond acceptors (Lipinski definition) is 3. The molecule has 1 atom stereocenters. The van der Waals surface area contributed by atoms with E-state index in [1.54, 1.807) is 7.11 Å². The van der Waals surface area contributed by atoms with Gasteiger partial charge in [-0.25, -0.2) is 0 Å². The van der Waals surface area contributed by atoms with E-state index < -0.39 is 0 Å². The minimum absolute atomic E-state index is 0.0935. The summed E-state index contributed by atoms with van der Waals surface area (Å²) in [4.78, 5) is 0. The summed E-state index contributed by atoms with van der Waals surface area (Å²) in [7, 11) is 1.65. The first-order chi connectivity index (χ1) is 7.60. The second kappa shape index (κ2) is 5.87. The molecule has 0 spiro atoms. The van der Waals surface area contributed by atoms with E-state index in [0.29, 0.717) is 12.3 Å². The number of ether oxygens (including phenoxy) is 1. The average Bonchev–Trinajstić information content (AvgIpc) is 2.28. The zero-order valence-corrected chi connectivity index (χ0v) is 10.2. The van der Waals surface area contributed by atoms with E-state index in [-0.39, 0.29) is 12.6 Å². The Bertz CT molecular complexity index is 337. The predicted molar refractivity (Wildman–Crippen MR) is 65.7 cm³/mol. The lowest BCUT2D eigenvalue weighted by Gasteiger charge is -2.17. The van der Waals surface area contributed by atoms with Gasteiger partial charge in [0.15, 0.2) is 0 Å². The molecule has 1 aromatic carbocycles. The van der Waals surface area contributed by atoms with E-state index in [4.69, 9.17) is 15.6 Å².